The van der Waals surface area contributed by atoms with E-state index in [0.717, 1.165) is 11.3 Å². The highest BCUT2D eigenvalue weighted by Crippen LogP contribution is 2.35. The number of benzene rings is 1. The summed E-state index contributed by atoms with van der Waals surface area (Å²) in [5.74, 6) is -1.16. The van der Waals surface area contributed by atoms with Crippen molar-refractivity contribution in [2.75, 3.05) is 7.11 Å². The Kier molecular flexibility index (Phi) is 4.51. The fourth-order valence-electron chi connectivity index (χ4n) is 2.46. The Balaban J connectivity index is 2.47. The number of thiocarbonyl (C=S) groups is 1. The number of aliphatic hydroxyl groups is 2. The molecule has 1 heterocycles. The Labute approximate surface area is 129 Å². The zero-order chi connectivity index (χ0) is 15.6. The Morgan fingerprint density at radius 1 is 1.29 bits per heavy atom. The van der Waals surface area contributed by atoms with Crippen LogP contribution in [0.1, 0.15) is 31.9 Å². The van der Waals surface area contributed by atoms with Crippen LogP contribution >= 0.6 is 12.2 Å². The predicted octanol–water partition coefficient (Wildman–Crippen LogP) is 1.58. The topological polar surface area (TPSA) is 73.8 Å². The van der Waals surface area contributed by atoms with Crippen molar-refractivity contribution in [2.45, 2.75) is 32.1 Å². The molecule has 6 heteroatoms. The van der Waals surface area contributed by atoms with E-state index in [2.05, 4.69) is 10.6 Å². The second kappa shape index (κ2) is 6.01. The zero-order valence-electron chi connectivity index (χ0n) is 12.3. The Hall–Kier alpha value is -1.63. The Morgan fingerprint density at radius 2 is 1.90 bits per heavy atom. The number of rotatable bonds is 4. The smallest absolute Gasteiger partial charge is 0.189 e. The maximum atomic E-state index is 10.3. The first-order valence-electron chi connectivity index (χ1n) is 6.76. The van der Waals surface area contributed by atoms with Crippen LogP contribution in [-0.4, -0.2) is 28.2 Å². The molecule has 1 aromatic carbocycles. The lowest BCUT2D eigenvalue weighted by Crippen LogP contribution is -2.49. The summed E-state index contributed by atoms with van der Waals surface area (Å²) in [4.78, 5) is 0. The van der Waals surface area contributed by atoms with Gasteiger partial charge < -0.3 is 25.6 Å². The van der Waals surface area contributed by atoms with Gasteiger partial charge in [0.15, 0.2) is 10.9 Å². The van der Waals surface area contributed by atoms with E-state index in [9.17, 15) is 10.2 Å². The van der Waals surface area contributed by atoms with Crippen LogP contribution in [-0.2, 0) is 0 Å². The first-order valence-corrected chi connectivity index (χ1v) is 7.17. The molecule has 21 heavy (non-hydrogen) atoms. The molecule has 0 unspecified atom stereocenters. The summed E-state index contributed by atoms with van der Waals surface area (Å²) in [5.41, 5.74) is 2.02. The molecule has 1 aromatic rings. The molecule has 5 nitrogen and oxygen atoms in total. The minimum atomic E-state index is -1.90. The van der Waals surface area contributed by atoms with Gasteiger partial charge in [-0.15, -0.1) is 0 Å². The second-order valence-corrected chi connectivity index (χ2v) is 5.42. The average Bonchev–Trinajstić information content (AvgIpc) is 2.46. The van der Waals surface area contributed by atoms with Crippen LogP contribution in [0.3, 0.4) is 0 Å². The SMILES string of the molecule is CCC(O)(O)C1=C(C)NC(=S)N[C@@H]1c1ccc(OC)cc1. The van der Waals surface area contributed by atoms with E-state index in [1.54, 1.807) is 21.0 Å². The fourth-order valence-corrected chi connectivity index (χ4v) is 2.73. The van der Waals surface area contributed by atoms with Gasteiger partial charge in [-0.1, -0.05) is 19.1 Å². The highest BCUT2D eigenvalue weighted by molar-refractivity contribution is 7.80. The standard InChI is InChI=1S/C15H20N2O3S/c1-4-15(18,19)12-9(2)16-14(21)17-13(12)10-5-7-11(20-3)8-6-10/h5-8,13,18-19H,4H2,1-3H3,(H2,16,17,21)/t13-/m1/s1. The summed E-state index contributed by atoms with van der Waals surface area (Å²) in [6.45, 7) is 3.51. The molecule has 0 fully saturated rings. The number of hydrogen-bond acceptors (Lipinski definition) is 4. The fraction of sp³-hybridized carbons (Fsp3) is 0.400. The van der Waals surface area contributed by atoms with Gasteiger partial charge in [-0.2, -0.15) is 0 Å². The molecule has 1 aliphatic rings. The molecule has 1 aliphatic heterocycles. The van der Waals surface area contributed by atoms with Gasteiger partial charge in [0, 0.05) is 17.7 Å². The van der Waals surface area contributed by atoms with E-state index in [1.807, 2.05) is 24.3 Å². The molecule has 2 rings (SSSR count). The van der Waals surface area contributed by atoms with Crippen molar-refractivity contribution in [3.05, 3.63) is 41.1 Å². The molecule has 114 valence electrons. The van der Waals surface area contributed by atoms with Crippen LogP contribution < -0.4 is 15.4 Å². The van der Waals surface area contributed by atoms with Crippen molar-refractivity contribution in [1.29, 1.82) is 0 Å². The molecule has 0 saturated carbocycles. The van der Waals surface area contributed by atoms with Crippen molar-refractivity contribution in [3.8, 4) is 5.75 Å². The van der Waals surface area contributed by atoms with Crippen molar-refractivity contribution in [2.24, 2.45) is 0 Å². The van der Waals surface area contributed by atoms with Gasteiger partial charge in [-0.25, -0.2) is 0 Å². The molecule has 4 N–H and O–H groups in total. The maximum absolute atomic E-state index is 10.3. The lowest BCUT2D eigenvalue weighted by atomic mass is 9.88. The molecule has 0 spiro atoms. The first-order chi connectivity index (χ1) is 9.89. The third-order valence-electron chi connectivity index (χ3n) is 3.64. The van der Waals surface area contributed by atoms with Crippen LogP contribution in [0, 0.1) is 0 Å². The third kappa shape index (κ3) is 3.18. The largest absolute Gasteiger partial charge is 0.497 e. The van der Waals surface area contributed by atoms with Crippen molar-refractivity contribution in [3.63, 3.8) is 0 Å². The van der Waals surface area contributed by atoms with Crippen LogP contribution in [0.15, 0.2) is 35.5 Å². The van der Waals surface area contributed by atoms with Gasteiger partial charge in [0.05, 0.1) is 13.2 Å². The lowest BCUT2D eigenvalue weighted by molar-refractivity contribution is -0.134. The van der Waals surface area contributed by atoms with E-state index < -0.39 is 5.79 Å². The van der Waals surface area contributed by atoms with Crippen molar-refractivity contribution in [1.82, 2.24) is 10.6 Å². The molecule has 0 amide bonds. The normalized spacial score (nSPS) is 19.1. The third-order valence-corrected chi connectivity index (χ3v) is 3.86. The molecule has 0 radical (unpaired) electrons. The number of methoxy groups -OCH3 is 1. The van der Waals surface area contributed by atoms with Crippen LogP contribution in [0.2, 0.25) is 0 Å². The highest BCUT2D eigenvalue weighted by atomic mass is 32.1. The Morgan fingerprint density at radius 3 is 2.43 bits per heavy atom. The zero-order valence-corrected chi connectivity index (χ0v) is 13.1. The van der Waals surface area contributed by atoms with Crippen LogP contribution in [0.5, 0.6) is 5.75 Å². The van der Waals surface area contributed by atoms with Gasteiger partial charge in [0.1, 0.15) is 5.75 Å². The predicted molar refractivity (Wildman–Crippen MR) is 84.8 cm³/mol. The van der Waals surface area contributed by atoms with Crippen LogP contribution in [0.25, 0.3) is 0 Å². The monoisotopic (exact) mass is 308 g/mol. The average molecular weight is 308 g/mol. The summed E-state index contributed by atoms with van der Waals surface area (Å²) >= 11 is 5.18. The van der Waals surface area contributed by atoms with Crippen molar-refractivity contribution >= 4 is 17.3 Å². The number of hydrogen-bond donors (Lipinski definition) is 4. The first kappa shape index (κ1) is 15.8. The van der Waals surface area contributed by atoms with Gasteiger partial charge in [0.2, 0.25) is 0 Å². The minimum Gasteiger partial charge on any atom is -0.497 e. The number of allylic oxidation sites excluding steroid dienone is 1. The lowest BCUT2D eigenvalue weighted by Gasteiger charge is -2.37. The summed E-state index contributed by atoms with van der Waals surface area (Å²) in [6, 6.07) is 7.03. The minimum absolute atomic E-state index is 0.183. The van der Waals surface area contributed by atoms with E-state index in [0.29, 0.717) is 16.4 Å². The highest BCUT2D eigenvalue weighted by Gasteiger charge is 2.37. The van der Waals surface area contributed by atoms with E-state index in [4.69, 9.17) is 17.0 Å². The molecule has 0 saturated heterocycles. The number of nitrogens with one attached hydrogen (secondary N) is 2. The van der Waals surface area contributed by atoms with Gasteiger partial charge in [-0.3, -0.25) is 0 Å². The summed E-state index contributed by atoms with van der Waals surface area (Å²) in [5, 5.41) is 27.1. The second-order valence-electron chi connectivity index (χ2n) is 5.01. The molecule has 0 aliphatic carbocycles. The van der Waals surface area contributed by atoms with Gasteiger partial charge in [0.25, 0.3) is 0 Å². The van der Waals surface area contributed by atoms with Gasteiger partial charge >= 0.3 is 0 Å². The van der Waals surface area contributed by atoms with Crippen molar-refractivity contribution < 1.29 is 14.9 Å². The molecular weight excluding hydrogens is 288 g/mol. The summed E-state index contributed by atoms with van der Waals surface area (Å²) < 4.78 is 5.14. The molecule has 0 bridgehead atoms. The van der Waals surface area contributed by atoms with E-state index in [-0.39, 0.29) is 12.5 Å². The Bertz CT molecular complexity index is 567. The summed E-state index contributed by atoms with van der Waals surface area (Å²) in [7, 11) is 1.60. The van der Waals surface area contributed by atoms with Gasteiger partial charge in [-0.05, 0) is 36.8 Å². The molecule has 0 aromatic heterocycles. The van der Waals surface area contributed by atoms with E-state index >= 15 is 0 Å². The number of ether oxygens (including phenoxy) is 1. The van der Waals surface area contributed by atoms with Crippen LogP contribution in [0.4, 0.5) is 0 Å². The molecular formula is C15H20N2O3S. The molecule has 1 atom stereocenters. The van der Waals surface area contributed by atoms with E-state index in [1.165, 1.54) is 0 Å². The quantitative estimate of drug-likeness (QED) is 0.500. The maximum Gasteiger partial charge on any atom is 0.189 e. The summed E-state index contributed by atoms with van der Waals surface area (Å²) in [6.07, 6.45) is 0.183.